The number of carbonyl (C=O) groups is 4. The molecule has 4 saturated heterocycles. The highest BCUT2D eigenvalue weighted by molar-refractivity contribution is 6.00. The van der Waals surface area contributed by atoms with E-state index in [0.717, 1.165) is 11.1 Å². The van der Waals surface area contributed by atoms with Crippen LogP contribution in [0.1, 0.15) is 70.6 Å². The number of aromatic hydroxyl groups is 1. The molecule has 4 aliphatic rings. The minimum Gasteiger partial charge on any atom is -0.505 e. The number of ether oxygens (including phenoxy) is 3. The Bertz CT molecular complexity index is 3240. The summed E-state index contributed by atoms with van der Waals surface area (Å²) >= 11 is 0. The Balaban J connectivity index is 0.000000184. The molecule has 6 aromatic rings. The van der Waals surface area contributed by atoms with Crippen LogP contribution in [-0.2, 0) is 19.1 Å². The van der Waals surface area contributed by atoms with Gasteiger partial charge in [0.1, 0.15) is 36.0 Å². The number of para-hydroxylation sites is 2. The van der Waals surface area contributed by atoms with Crippen LogP contribution in [0.25, 0.3) is 0 Å². The van der Waals surface area contributed by atoms with Crippen LogP contribution in [0.3, 0.4) is 0 Å². The second-order valence-corrected chi connectivity index (χ2v) is 18.7. The van der Waals surface area contributed by atoms with Gasteiger partial charge in [-0.3, -0.25) is 38.4 Å². The van der Waals surface area contributed by atoms with Crippen LogP contribution >= 0.6 is 0 Å². The fraction of sp³-hybridized carbons (Fsp3) is 0.345. The number of carbonyl (C=O) groups excluding carboxylic acids is 4. The summed E-state index contributed by atoms with van der Waals surface area (Å²) in [6.45, 7) is 7.06. The van der Waals surface area contributed by atoms with Crippen molar-refractivity contribution in [3.8, 4) is 11.5 Å². The van der Waals surface area contributed by atoms with Gasteiger partial charge in [-0.2, -0.15) is 0 Å². The molecule has 4 heterocycles. The Hall–Kier alpha value is -8.36. The van der Waals surface area contributed by atoms with Crippen molar-refractivity contribution < 1.29 is 38.5 Å². The molecule has 0 aliphatic carbocycles. The van der Waals surface area contributed by atoms with Crippen LogP contribution in [0.4, 0.5) is 34.1 Å². The van der Waals surface area contributed by atoms with E-state index in [9.17, 15) is 43.5 Å². The number of methoxy groups -OCH3 is 1. The highest BCUT2D eigenvalue weighted by atomic mass is 16.5. The summed E-state index contributed by atoms with van der Waals surface area (Å²) in [6, 6.07) is 28.2. The van der Waals surface area contributed by atoms with Gasteiger partial charge in [-0.15, -0.1) is 0 Å². The zero-order chi connectivity index (χ0) is 52.9. The highest BCUT2D eigenvalue weighted by Crippen LogP contribution is 2.36. The van der Waals surface area contributed by atoms with Crippen LogP contribution in [0.15, 0.2) is 116 Å². The average Bonchev–Trinajstić information content (AvgIpc) is 3.46. The smallest absolute Gasteiger partial charge is 0.257 e. The molecule has 4 atom stereocenters. The lowest BCUT2D eigenvalue weighted by molar-refractivity contribution is -0.152. The fourth-order valence-corrected chi connectivity index (χ4v) is 10.1. The number of phenols is 1. The number of rotatable bonds is 15. The lowest BCUT2D eigenvalue weighted by atomic mass is 10.0. The molecule has 4 aliphatic heterocycles. The van der Waals surface area contributed by atoms with E-state index in [1.165, 1.54) is 19.2 Å². The number of anilines is 6. The molecule has 0 aromatic heterocycles. The molecule has 0 bridgehead atoms. The molecule has 4 amide bonds. The quantitative estimate of drug-likeness (QED) is 0.0713. The Labute approximate surface area is 431 Å². The van der Waals surface area contributed by atoms with Crippen molar-refractivity contribution in [2.45, 2.75) is 50.9 Å². The maximum atomic E-state index is 13.5. The third-order valence-corrected chi connectivity index (χ3v) is 14.2. The summed E-state index contributed by atoms with van der Waals surface area (Å²) in [5.41, 5.74) is 0.895. The molecule has 6 aromatic carbocycles. The van der Waals surface area contributed by atoms with E-state index >= 15 is 0 Å². The molecule has 5 N–H and O–H groups in total. The third kappa shape index (κ3) is 10.4. The van der Waals surface area contributed by atoms with Gasteiger partial charge in [0.25, 0.3) is 33.5 Å². The number of nitrogens with one attached hydrogen (secondary N) is 4. The van der Waals surface area contributed by atoms with Crippen LogP contribution in [0.5, 0.6) is 11.5 Å². The molecule has 20 nitrogen and oxygen atoms in total. The van der Waals surface area contributed by atoms with Gasteiger partial charge in [0.2, 0.25) is 11.8 Å². The first-order valence-electron chi connectivity index (χ1n) is 25.0. The number of phenolic OH excluding ortho intramolecular Hbond substituents is 1. The number of hydrogen-bond donors (Lipinski definition) is 5. The fourth-order valence-electron chi connectivity index (χ4n) is 10.1. The SMILES string of the molecule is CC[C@@H](Nc1c(Nc2cccc(C(=O)N3CCN4C(=O)COC[C@@H]4C3)c2O)c(=O)c1=O)c1ccccc1.CC[C@@H](Nc1c(Nc2cccc(C(=O)N3CCN4C(=O)COC[C@@H]4C3)c2OC)c(=O)c1=O)c1ccccc1. The van der Waals surface area contributed by atoms with Gasteiger partial charge in [-0.1, -0.05) is 86.6 Å². The molecule has 0 saturated carbocycles. The Morgan fingerprint density at radius 3 is 1.47 bits per heavy atom. The van der Waals surface area contributed by atoms with Crippen LogP contribution in [0, 0.1) is 0 Å². The molecular formula is C55H58N8O12. The predicted molar refractivity (Wildman–Crippen MR) is 281 cm³/mol. The summed E-state index contributed by atoms with van der Waals surface area (Å²) in [6.07, 6.45) is 1.39. The topological polar surface area (TPSA) is 246 Å². The molecule has 20 heteroatoms. The van der Waals surface area contributed by atoms with Crippen LogP contribution < -0.4 is 47.7 Å². The number of morpholine rings is 2. The zero-order valence-electron chi connectivity index (χ0n) is 41.8. The number of benzene rings is 4. The van der Waals surface area contributed by atoms with Crippen molar-refractivity contribution in [3.05, 3.63) is 160 Å². The van der Waals surface area contributed by atoms with Crippen molar-refractivity contribution in [2.75, 3.05) is 94.1 Å². The number of piperazine rings is 2. The van der Waals surface area contributed by atoms with Gasteiger partial charge in [0, 0.05) is 39.3 Å². The molecule has 75 heavy (non-hydrogen) atoms. The van der Waals surface area contributed by atoms with Gasteiger partial charge in [0.15, 0.2) is 11.5 Å². The number of nitrogens with zero attached hydrogens (tertiary/aromatic N) is 4. The molecule has 10 rings (SSSR count). The standard InChI is InChI=1S/C28H30N4O6.C27H28N4O6/c1-3-20(17-8-5-4-6-9-17)29-23-24(26(35)25(23)34)30-21-11-7-10-19(27(21)37-2)28(36)31-12-13-32-18(14-31)15-38-16-22(32)33;1-2-19(16-7-4-3-5-8-16)28-22-23(26(35)25(22)34)29-20-10-6-9-18(24(20)33)27(36)30-11-12-31-17(13-30)14-37-15-21(31)32/h4-11,18,20,29-30H,3,12-16H2,1-2H3;3-10,17,19,28-29,33H,2,11-15H2,1H3/t18-,20+;17-,19+/m00/s1. The summed E-state index contributed by atoms with van der Waals surface area (Å²) in [5.74, 6) is -0.844. The summed E-state index contributed by atoms with van der Waals surface area (Å²) in [5, 5.41) is 23.2. The molecular weight excluding hydrogens is 965 g/mol. The van der Waals surface area contributed by atoms with E-state index in [-0.39, 0.29) is 101 Å². The van der Waals surface area contributed by atoms with Crippen molar-refractivity contribution in [1.29, 1.82) is 0 Å². The summed E-state index contributed by atoms with van der Waals surface area (Å²) in [4.78, 5) is 107. The third-order valence-electron chi connectivity index (χ3n) is 14.2. The van der Waals surface area contributed by atoms with Gasteiger partial charge in [-0.25, -0.2) is 0 Å². The first-order chi connectivity index (χ1) is 36.3. The van der Waals surface area contributed by atoms with Crippen LogP contribution in [-0.4, -0.2) is 133 Å². The van der Waals surface area contributed by atoms with E-state index in [2.05, 4.69) is 21.3 Å². The number of amides is 4. The second-order valence-electron chi connectivity index (χ2n) is 18.7. The predicted octanol–water partition coefficient (Wildman–Crippen LogP) is 4.26. The van der Waals surface area contributed by atoms with Crippen molar-refractivity contribution in [1.82, 2.24) is 19.6 Å². The Morgan fingerprint density at radius 2 is 1.00 bits per heavy atom. The minimum absolute atomic E-state index is 0.0470. The molecule has 390 valence electrons. The maximum Gasteiger partial charge on any atom is 0.257 e. The molecule has 4 fully saturated rings. The van der Waals surface area contributed by atoms with Crippen molar-refractivity contribution in [3.63, 3.8) is 0 Å². The van der Waals surface area contributed by atoms with Gasteiger partial charge in [-0.05, 0) is 48.2 Å². The normalized spacial score (nSPS) is 18.3. The number of hydrogen-bond acceptors (Lipinski definition) is 16. The van der Waals surface area contributed by atoms with Gasteiger partial charge >= 0.3 is 0 Å². The van der Waals surface area contributed by atoms with Crippen molar-refractivity contribution in [2.24, 2.45) is 0 Å². The van der Waals surface area contributed by atoms with Crippen LogP contribution in [0.2, 0.25) is 0 Å². The lowest BCUT2D eigenvalue weighted by Gasteiger charge is -2.43. The molecule has 0 spiro atoms. The summed E-state index contributed by atoms with van der Waals surface area (Å²) < 4.78 is 16.3. The maximum absolute atomic E-state index is 13.5. The number of fused-ring (bicyclic) bond motifs is 2. The monoisotopic (exact) mass is 1020 g/mol. The van der Waals surface area contributed by atoms with E-state index < -0.39 is 27.6 Å². The van der Waals surface area contributed by atoms with E-state index in [1.54, 1.807) is 43.9 Å². The van der Waals surface area contributed by atoms with Gasteiger partial charge in [0.05, 0.1) is 67.0 Å². The Kier molecular flexibility index (Phi) is 15.4. The average molecular weight is 1020 g/mol. The Morgan fingerprint density at radius 1 is 0.573 bits per heavy atom. The first kappa shape index (κ1) is 51.5. The first-order valence-corrected chi connectivity index (χ1v) is 25.0. The summed E-state index contributed by atoms with van der Waals surface area (Å²) in [7, 11) is 1.45. The van der Waals surface area contributed by atoms with E-state index in [4.69, 9.17) is 14.2 Å². The van der Waals surface area contributed by atoms with Crippen molar-refractivity contribution >= 4 is 57.8 Å². The van der Waals surface area contributed by atoms with Gasteiger partial charge < -0.3 is 60.2 Å². The largest absolute Gasteiger partial charge is 0.505 e. The second kappa shape index (κ2) is 22.4. The highest BCUT2D eigenvalue weighted by Gasteiger charge is 2.38. The molecule has 0 unspecified atom stereocenters. The minimum atomic E-state index is -0.695. The van der Waals surface area contributed by atoms with E-state index in [1.807, 2.05) is 74.5 Å². The lowest BCUT2D eigenvalue weighted by Crippen LogP contribution is -2.61. The van der Waals surface area contributed by atoms with E-state index in [0.29, 0.717) is 76.6 Å². The molecule has 0 radical (unpaired) electrons. The zero-order valence-corrected chi connectivity index (χ0v) is 41.8.